The number of nitrogens with one attached hydrogen (secondary N) is 1. The summed E-state index contributed by atoms with van der Waals surface area (Å²) in [6.07, 6.45) is 1.73. The van der Waals surface area contributed by atoms with Crippen LogP contribution >= 0.6 is 11.6 Å². The van der Waals surface area contributed by atoms with Crippen LogP contribution in [0.4, 0.5) is 0 Å². The Bertz CT molecular complexity index is 601. The molecule has 0 saturated carbocycles. The van der Waals surface area contributed by atoms with Crippen LogP contribution < -0.4 is 5.32 Å². The first-order chi connectivity index (χ1) is 9.13. The average molecular weight is 279 g/mol. The van der Waals surface area contributed by atoms with Gasteiger partial charge < -0.3 is 10.1 Å². The van der Waals surface area contributed by atoms with Gasteiger partial charge in [0.25, 0.3) is 0 Å². The molecule has 4 nitrogen and oxygen atoms in total. The van der Waals surface area contributed by atoms with Crippen LogP contribution in [0.5, 0.6) is 0 Å². The molecular formula is C14H15ClN2O2. The topological polar surface area (TPSA) is 51.2 Å². The molecule has 1 aromatic heterocycles. The second kappa shape index (κ2) is 5.99. The number of carbonyl (C=O) groups is 1. The standard InChI is InChI=1S/C14H15ClN2O2/c1-9(14(18)19-2)17-8-10-5-6-12(15)11-4-3-7-16-13(10)11/h3-7,9,17H,8H2,1-2H3/t9-/m0/s1. The lowest BCUT2D eigenvalue weighted by Crippen LogP contribution is -2.34. The van der Waals surface area contributed by atoms with Gasteiger partial charge >= 0.3 is 5.97 Å². The number of ether oxygens (including phenoxy) is 1. The zero-order valence-electron chi connectivity index (χ0n) is 10.8. The molecular weight excluding hydrogens is 264 g/mol. The summed E-state index contributed by atoms with van der Waals surface area (Å²) in [6.45, 7) is 2.29. The van der Waals surface area contributed by atoms with Crippen molar-refractivity contribution in [1.29, 1.82) is 0 Å². The van der Waals surface area contributed by atoms with E-state index in [-0.39, 0.29) is 12.0 Å². The number of pyridine rings is 1. The van der Waals surface area contributed by atoms with Gasteiger partial charge in [0.05, 0.1) is 12.6 Å². The highest BCUT2D eigenvalue weighted by Crippen LogP contribution is 2.24. The first-order valence-electron chi connectivity index (χ1n) is 5.97. The smallest absolute Gasteiger partial charge is 0.322 e. The molecule has 5 heteroatoms. The van der Waals surface area contributed by atoms with E-state index in [0.717, 1.165) is 16.5 Å². The van der Waals surface area contributed by atoms with Crippen molar-refractivity contribution in [2.24, 2.45) is 0 Å². The Morgan fingerprint density at radius 3 is 3.00 bits per heavy atom. The van der Waals surface area contributed by atoms with Crippen LogP contribution in [0.2, 0.25) is 5.02 Å². The number of hydrogen-bond acceptors (Lipinski definition) is 4. The van der Waals surface area contributed by atoms with E-state index in [9.17, 15) is 4.79 Å². The van der Waals surface area contributed by atoms with E-state index >= 15 is 0 Å². The Labute approximate surface area is 116 Å². The molecule has 0 bridgehead atoms. The number of halogens is 1. The van der Waals surface area contributed by atoms with Crippen molar-refractivity contribution in [2.45, 2.75) is 19.5 Å². The molecule has 2 aromatic rings. The molecule has 1 N–H and O–H groups in total. The Kier molecular flexibility index (Phi) is 4.35. The van der Waals surface area contributed by atoms with E-state index in [0.29, 0.717) is 11.6 Å². The van der Waals surface area contributed by atoms with Gasteiger partial charge in [0, 0.05) is 23.2 Å². The minimum Gasteiger partial charge on any atom is -0.468 e. The number of carbonyl (C=O) groups excluding carboxylic acids is 1. The van der Waals surface area contributed by atoms with Gasteiger partial charge in [-0.3, -0.25) is 9.78 Å². The second-order valence-corrected chi connectivity index (χ2v) is 4.64. The van der Waals surface area contributed by atoms with Crippen LogP contribution in [0.25, 0.3) is 10.9 Å². The number of hydrogen-bond donors (Lipinski definition) is 1. The van der Waals surface area contributed by atoms with Crippen LogP contribution in [0, 0.1) is 0 Å². The summed E-state index contributed by atoms with van der Waals surface area (Å²) >= 11 is 6.13. The highest BCUT2D eigenvalue weighted by atomic mass is 35.5. The van der Waals surface area contributed by atoms with E-state index < -0.39 is 0 Å². The third-order valence-electron chi connectivity index (χ3n) is 2.95. The number of benzene rings is 1. The molecule has 0 aliphatic carbocycles. The second-order valence-electron chi connectivity index (χ2n) is 4.23. The first-order valence-corrected chi connectivity index (χ1v) is 6.34. The zero-order chi connectivity index (χ0) is 13.8. The number of aromatic nitrogens is 1. The molecule has 0 fully saturated rings. The largest absolute Gasteiger partial charge is 0.468 e. The monoisotopic (exact) mass is 278 g/mol. The minimum absolute atomic E-state index is 0.286. The highest BCUT2D eigenvalue weighted by molar-refractivity contribution is 6.35. The van der Waals surface area contributed by atoms with Gasteiger partial charge in [-0.15, -0.1) is 0 Å². The van der Waals surface area contributed by atoms with Gasteiger partial charge in [-0.1, -0.05) is 17.7 Å². The summed E-state index contributed by atoms with van der Waals surface area (Å²) in [6, 6.07) is 7.17. The number of fused-ring (bicyclic) bond motifs is 1. The SMILES string of the molecule is COC(=O)[C@H](C)NCc1ccc(Cl)c2cccnc12. The fraction of sp³-hybridized carbons (Fsp3) is 0.286. The minimum atomic E-state index is -0.362. The van der Waals surface area contributed by atoms with Crippen LogP contribution in [0.15, 0.2) is 30.5 Å². The Morgan fingerprint density at radius 1 is 1.47 bits per heavy atom. The maximum absolute atomic E-state index is 11.3. The van der Waals surface area contributed by atoms with Crippen LogP contribution in [0.1, 0.15) is 12.5 Å². The summed E-state index contributed by atoms with van der Waals surface area (Å²) in [5.41, 5.74) is 1.84. The Morgan fingerprint density at radius 2 is 2.26 bits per heavy atom. The number of methoxy groups -OCH3 is 1. The van der Waals surface area contributed by atoms with Gasteiger partial charge in [0.2, 0.25) is 0 Å². The van der Waals surface area contributed by atoms with Crippen LogP contribution in [-0.2, 0) is 16.1 Å². The van der Waals surface area contributed by atoms with Crippen molar-refractivity contribution in [2.75, 3.05) is 7.11 Å². The van der Waals surface area contributed by atoms with Crippen molar-refractivity contribution in [3.8, 4) is 0 Å². The first kappa shape index (κ1) is 13.8. The fourth-order valence-electron chi connectivity index (χ4n) is 1.86. The molecule has 2 rings (SSSR count). The van der Waals surface area contributed by atoms with Gasteiger partial charge in [-0.05, 0) is 30.7 Å². The van der Waals surface area contributed by atoms with Crippen molar-refractivity contribution >= 4 is 28.5 Å². The quantitative estimate of drug-likeness (QED) is 0.873. The lowest BCUT2D eigenvalue weighted by Gasteiger charge is -2.12. The zero-order valence-corrected chi connectivity index (χ0v) is 11.6. The van der Waals surface area contributed by atoms with Crippen molar-refractivity contribution in [3.63, 3.8) is 0 Å². The van der Waals surface area contributed by atoms with Crippen molar-refractivity contribution < 1.29 is 9.53 Å². The highest BCUT2D eigenvalue weighted by Gasteiger charge is 2.13. The summed E-state index contributed by atoms with van der Waals surface area (Å²) < 4.78 is 4.67. The lowest BCUT2D eigenvalue weighted by atomic mass is 10.1. The molecule has 0 spiro atoms. The molecule has 1 heterocycles. The molecule has 0 aliphatic rings. The fourth-order valence-corrected chi connectivity index (χ4v) is 2.08. The molecule has 0 amide bonds. The molecule has 0 aliphatic heterocycles. The number of esters is 1. The number of nitrogens with zero attached hydrogens (tertiary/aromatic N) is 1. The van der Waals surface area contributed by atoms with Crippen molar-refractivity contribution in [1.82, 2.24) is 10.3 Å². The average Bonchev–Trinajstić information content (AvgIpc) is 2.45. The molecule has 0 radical (unpaired) electrons. The summed E-state index contributed by atoms with van der Waals surface area (Å²) in [5, 5.41) is 4.69. The third kappa shape index (κ3) is 3.03. The maximum atomic E-state index is 11.3. The van der Waals surface area contributed by atoms with Gasteiger partial charge in [0.1, 0.15) is 6.04 Å². The predicted octanol–water partition coefficient (Wildman–Crippen LogP) is 2.54. The normalized spacial score (nSPS) is 12.4. The molecule has 0 unspecified atom stereocenters. The van der Waals surface area contributed by atoms with Crippen molar-refractivity contribution in [3.05, 3.63) is 41.0 Å². The maximum Gasteiger partial charge on any atom is 0.322 e. The molecule has 1 aromatic carbocycles. The van der Waals surface area contributed by atoms with Gasteiger partial charge in [-0.2, -0.15) is 0 Å². The van der Waals surface area contributed by atoms with Gasteiger partial charge in [-0.25, -0.2) is 0 Å². The summed E-state index contributed by atoms with van der Waals surface area (Å²) in [5.74, 6) is -0.286. The van der Waals surface area contributed by atoms with Gasteiger partial charge in [0.15, 0.2) is 0 Å². The summed E-state index contributed by atoms with van der Waals surface area (Å²) in [4.78, 5) is 15.7. The van der Waals surface area contributed by atoms with E-state index in [2.05, 4.69) is 15.0 Å². The van der Waals surface area contributed by atoms with E-state index in [1.807, 2.05) is 24.3 Å². The predicted molar refractivity (Wildman–Crippen MR) is 75.1 cm³/mol. The molecule has 0 saturated heterocycles. The third-order valence-corrected chi connectivity index (χ3v) is 3.28. The van der Waals surface area contributed by atoms with Crippen LogP contribution in [0.3, 0.4) is 0 Å². The lowest BCUT2D eigenvalue weighted by molar-refractivity contribution is -0.142. The number of rotatable bonds is 4. The molecule has 19 heavy (non-hydrogen) atoms. The van der Waals surface area contributed by atoms with Crippen LogP contribution in [-0.4, -0.2) is 24.1 Å². The molecule has 100 valence electrons. The molecule has 1 atom stereocenters. The Balaban J connectivity index is 2.22. The van der Waals surface area contributed by atoms with E-state index in [1.54, 1.807) is 13.1 Å². The summed E-state index contributed by atoms with van der Waals surface area (Å²) in [7, 11) is 1.37. The van der Waals surface area contributed by atoms with E-state index in [4.69, 9.17) is 11.6 Å². The Hall–Kier alpha value is -1.65. The van der Waals surface area contributed by atoms with E-state index in [1.165, 1.54) is 7.11 Å².